The van der Waals surface area contributed by atoms with Crippen LogP contribution in [-0.4, -0.2) is 10.3 Å². The molecule has 0 aromatic heterocycles. The molecule has 0 radical (unpaired) electrons. The van der Waals surface area contributed by atoms with Crippen LogP contribution < -0.4 is 24.8 Å². The Labute approximate surface area is 220 Å². The first-order valence-electron chi connectivity index (χ1n) is 11.1. The Morgan fingerprint density at radius 3 is 2.03 bits per heavy atom. The molecule has 0 amide bonds. The third kappa shape index (κ3) is 5.22. The van der Waals surface area contributed by atoms with E-state index in [9.17, 15) is 0 Å². The predicted molar refractivity (Wildman–Crippen MR) is 131 cm³/mol. The standard InChI is InChI=1S/C17H24P.C11H11.2ClH.Hf/c1-16(2,3)18(17(4,5)6)15-11-13-9-7-8-10-14(13)12-15;1-8-6-7-9(2)11-5-3-4-10(8)11;;;/h7-12H,1-6H3;3-7H,1-2H3;2*1H;/q;;;;+2/p-2. The number of aryl methyl sites for hydroxylation is 2. The van der Waals surface area contributed by atoms with Crippen LogP contribution in [0.15, 0.2) is 47.8 Å². The molecule has 2 aliphatic carbocycles. The largest absolute Gasteiger partial charge is 1.00 e. The predicted octanol–water partition coefficient (Wildman–Crippen LogP) is 2.64. The van der Waals surface area contributed by atoms with Crippen molar-refractivity contribution in [1.29, 1.82) is 0 Å². The normalized spacial score (nSPS) is 19.0. The molecule has 0 bridgehead atoms. The second-order valence-electron chi connectivity index (χ2n) is 10.8. The van der Waals surface area contributed by atoms with E-state index >= 15 is 0 Å². The molecule has 0 fully saturated rings. The Hall–Kier alpha value is -0.200. The molecule has 0 nitrogen and oxygen atoms in total. The van der Waals surface area contributed by atoms with Crippen molar-refractivity contribution >= 4 is 20.1 Å². The minimum atomic E-state index is -1.08. The van der Waals surface area contributed by atoms with Gasteiger partial charge in [0.25, 0.3) is 0 Å². The Bertz CT molecular complexity index is 1030. The van der Waals surface area contributed by atoms with Crippen LogP contribution in [0.4, 0.5) is 0 Å². The van der Waals surface area contributed by atoms with Gasteiger partial charge in [-0.1, -0.05) is 0 Å². The molecule has 0 N–H and O–H groups in total. The maximum Gasteiger partial charge on any atom is -1.00 e. The van der Waals surface area contributed by atoms with Gasteiger partial charge in [-0.15, -0.1) is 0 Å². The van der Waals surface area contributed by atoms with Gasteiger partial charge < -0.3 is 24.8 Å². The summed E-state index contributed by atoms with van der Waals surface area (Å²) in [4.78, 5) is 0. The molecule has 2 aromatic carbocycles. The van der Waals surface area contributed by atoms with E-state index in [1.807, 2.05) is 0 Å². The van der Waals surface area contributed by atoms with E-state index in [-0.39, 0.29) is 32.7 Å². The van der Waals surface area contributed by atoms with Crippen LogP contribution >= 0.6 is 7.92 Å². The van der Waals surface area contributed by atoms with Crippen molar-refractivity contribution in [3.05, 3.63) is 81.2 Å². The summed E-state index contributed by atoms with van der Waals surface area (Å²) in [7, 11) is -0.245. The van der Waals surface area contributed by atoms with Crippen LogP contribution in [0.25, 0.3) is 12.2 Å². The number of hydrogen-bond acceptors (Lipinski definition) is 0. The van der Waals surface area contributed by atoms with Gasteiger partial charge in [0.05, 0.1) is 0 Å². The molecule has 0 saturated carbocycles. The maximum absolute atomic E-state index is 2.61. The van der Waals surface area contributed by atoms with E-state index in [2.05, 4.69) is 110 Å². The van der Waals surface area contributed by atoms with Crippen molar-refractivity contribution in [2.24, 2.45) is 0 Å². The summed E-state index contributed by atoms with van der Waals surface area (Å²) >= 11 is -1.08. The average molecular weight is 652 g/mol. The summed E-state index contributed by atoms with van der Waals surface area (Å²) in [6, 6.07) is 13.9. The van der Waals surface area contributed by atoms with E-state index < -0.39 is 22.9 Å². The van der Waals surface area contributed by atoms with Gasteiger partial charge in [0.2, 0.25) is 0 Å². The molecule has 2 atom stereocenters. The Kier molecular flexibility index (Phi) is 8.93. The first kappa shape index (κ1) is 28.0. The fourth-order valence-electron chi connectivity index (χ4n) is 5.55. The molecular weight excluding hydrogens is 617 g/mol. The van der Waals surface area contributed by atoms with Crippen molar-refractivity contribution in [2.45, 2.75) is 73.1 Å². The molecule has 4 rings (SSSR count). The number of benzene rings is 2. The zero-order valence-corrected chi connectivity index (χ0v) is 26.6. The molecule has 0 heterocycles. The Morgan fingerprint density at radius 1 is 0.812 bits per heavy atom. The number of allylic oxidation sites excluding steroid dienone is 2. The first-order valence-corrected chi connectivity index (χ1v) is 16.6. The molecule has 2 unspecified atom stereocenters. The average Bonchev–Trinajstić information content (AvgIpc) is 3.20. The second kappa shape index (κ2) is 10.2. The fourth-order valence-corrected chi connectivity index (χ4v) is 18.3. The molecule has 0 spiro atoms. The minimum Gasteiger partial charge on any atom is -1.00 e. The number of hydrogen-bond donors (Lipinski definition) is 0. The van der Waals surface area contributed by atoms with Gasteiger partial charge in [-0.25, -0.2) is 0 Å². The van der Waals surface area contributed by atoms with Gasteiger partial charge >= 0.3 is 197 Å². The quantitative estimate of drug-likeness (QED) is 0.354. The van der Waals surface area contributed by atoms with Crippen LogP contribution in [-0.2, 0) is 22.9 Å². The summed E-state index contributed by atoms with van der Waals surface area (Å²) in [5, 5.41) is 2.43. The van der Waals surface area contributed by atoms with E-state index in [0.29, 0.717) is 17.7 Å². The van der Waals surface area contributed by atoms with Crippen LogP contribution in [0.5, 0.6) is 0 Å². The molecular formula is C28H35Cl2HfP. The second-order valence-corrected chi connectivity index (χ2v) is 20.2. The van der Waals surface area contributed by atoms with Gasteiger partial charge in [-0.2, -0.15) is 0 Å². The van der Waals surface area contributed by atoms with Gasteiger partial charge in [-0.05, 0) is 0 Å². The number of rotatable bonds is 3. The first-order chi connectivity index (χ1) is 14.0. The number of halogens is 2. The van der Waals surface area contributed by atoms with Crippen LogP contribution in [0.1, 0.15) is 82.3 Å². The van der Waals surface area contributed by atoms with E-state index in [4.69, 9.17) is 0 Å². The van der Waals surface area contributed by atoms with E-state index in [1.165, 1.54) is 22.3 Å². The molecule has 2 aromatic rings. The zero-order valence-electron chi connectivity index (χ0n) is 20.6. The smallest absolute Gasteiger partial charge is 1.00 e. The van der Waals surface area contributed by atoms with Crippen LogP contribution in [0, 0.1) is 13.8 Å². The summed E-state index contributed by atoms with van der Waals surface area (Å²) in [5.41, 5.74) is 9.21. The third-order valence-electron chi connectivity index (χ3n) is 6.34. The van der Waals surface area contributed by atoms with E-state index in [0.717, 1.165) is 0 Å². The van der Waals surface area contributed by atoms with Crippen molar-refractivity contribution in [3.8, 4) is 0 Å². The molecule has 0 saturated heterocycles. The van der Waals surface area contributed by atoms with Crippen molar-refractivity contribution in [1.82, 2.24) is 0 Å². The Morgan fingerprint density at radius 2 is 1.41 bits per heavy atom. The fraction of sp³-hybridized carbons (Fsp3) is 0.429. The maximum atomic E-state index is 2.61. The van der Waals surface area contributed by atoms with Crippen molar-refractivity contribution in [2.75, 3.05) is 0 Å². The Balaban J connectivity index is 0.00000181. The van der Waals surface area contributed by atoms with Gasteiger partial charge in [-0.3, -0.25) is 0 Å². The molecule has 170 valence electrons. The molecule has 0 aliphatic heterocycles. The van der Waals surface area contributed by atoms with Crippen LogP contribution in [0.3, 0.4) is 0 Å². The number of fused-ring (bicyclic) bond motifs is 2. The monoisotopic (exact) mass is 652 g/mol. The summed E-state index contributed by atoms with van der Waals surface area (Å²) in [5.74, 6) is 0. The SMILES string of the molecule is Cc1ccc(C)c2c1C=C[CH]2[Hf+2][CH]1C(P(C(C)(C)C)C(C)(C)C)=Cc2ccccc21.[Cl-].[Cl-]. The van der Waals surface area contributed by atoms with Gasteiger partial charge in [0.15, 0.2) is 0 Å². The topological polar surface area (TPSA) is 0 Å². The van der Waals surface area contributed by atoms with Crippen LogP contribution in [0.2, 0.25) is 0 Å². The van der Waals surface area contributed by atoms with Crippen molar-refractivity contribution in [3.63, 3.8) is 0 Å². The molecule has 4 heteroatoms. The van der Waals surface area contributed by atoms with Gasteiger partial charge in [0.1, 0.15) is 0 Å². The summed E-state index contributed by atoms with van der Waals surface area (Å²) in [6.45, 7) is 19.4. The minimum absolute atomic E-state index is 0. The third-order valence-corrected chi connectivity index (χ3v) is 17.3. The van der Waals surface area contributed by atoms with E-state index in [1.54, 1.807) is 16.4 Å². The summed E-state index contributed by atoms with van der Waals surface area (Å²) in [6.07, 6.45) is 7.59. The molecule has 2 aliphatic rings. The van der Waals surface area contributed by atoms with Gasteiger partial charge in [0, 0.05) is 0 Å². The zero-order chi connectivity index (χ0) is 21.8. The molecule has 32 heavy (non-hydrogen) atoms. The van der Waals surface area contributed by atoms with Crippen molar-refractivity contribution < 1.29 is 47.7 Å². The summed E-state index contributed by atoms with van der Waals surface area (Å²) < 4.78 is 1.42.